The van der Waals surface area contributed by atoms with Crippen molar-refractivity contribution in [3.63, 3.8) is 0 Å². The monoisotopic (exact) mass is 316 g/mol. The number of rotatable bonds is 8. The van der Waals surface area contributed by atoms with E-state index in [-0.39, 0.29) is 29.8 Å². The van der Waals surface area contributed by atoms with Gasteiger partial charge in [0.2, 0.25) is 15.9 Å². The maximum atomic E-state index is 12.1. The number of hydrogen-bond donors (Lipinski definition) is 3. The van der Waals surface area contributed by atoms with Crippen LogP contribution in [0.25, 0.3) is 0 Å². The Labute approximate surface area is 126 Å². The van der Waals surface area contributed by atoms with Gasteiger partial charge in [0, 0.05) is 19.0 Å². The van der Waals surface area contributed by atoms with E-state index in [0.717, 1.165) is 12.8 Å². The molecule has 7 nitrogen and oxygen atoms in total. The van der Waals surface area contributed by atoms with E-state index in [1.165, 1.54) is 0 Å². The zero-order valence-electron chi connectivity index (χ0n) is 13.0. The quantitative estimate of drug-likeness (QED) is 0.619. The summed E-state index contributed by atoms with van der Waals surface area (Å²) in [6, 6.07) is 0. The third kappa shape index (κ3) is 4.53. The van der Waals surface area contributed by atoms with E-state index in [1.54, 1.807) is 13.8 Å². The van der Waals surface area contributed by atoms with Crippen LogP contribution in [0.1, 0.15) is 38.1 Å². The van der Waals surface area contributed by atoms with Crippen molar-refractivity contribution in [3.8, 4) is 0 Å². The molecule has 21 heavy (non-hydrogen) atoms. The highest BCUT2D eigenvalue weighted by molar-refractivity contribution is 7.89. The van der Waals surface area contributed by atoms with E-state index in [4.69, 9.17) is 0 Å². The van der Waals surface area contributed by atoms with Crippen molar-refractivity contribution in [2.45, 2.75) is 45.4 Å². The van der Waals surface area contributed by atoms with Crippen molar-refractivity contribution < 1.29 is 13.2 Å². The lowest BCUT2D eigenvalue weighted by Crippen LogP contribution is -2.37. The van der Waals surface area contributed by atoms with Crippen molar-refractivity contribution in [2.24, 2.45) is 5.92 Å². The molecule has 0 saturated heterocycles. The Bertz CT molecular complexity index is 557. The smallest absolute Gasteiger partial charge is 0.244 e. The first-order chi connectivity index (χ1) is 9.83. The van der Waals surface area contributed by atoms with Crippen LogP contribution in [-0.2, 0) is 14.8 Å². The minimum atomic E-state index is -3.60. The maximum absolute atomic E-state index is 12.1. The second kappa shape index (κ2) is 7.56. The summed E-state index contributed by atoms with van der Waals surface area (Å²) in [4.78, 5) is 11.9. The first-order valence-electron chi connectivity index (χ1n) is 7.12. The van der Waals surface area contributed by atoms with Crippen molar-refractivity contribution in [2.75, 3.05) is 13.1 Å². The molecule has 1 rings (SSSR count). The van der Waals surface area contributed by atoms with E-state index >= 15 is 0 Å². The minimum absolute atomic E-state index is 0.0139. The number of hydrogen-bond acceptors (Lipinski definition) is 4. The van der Waals surface area contributed by atoms with Gasteiger partial charge >= 0.3 is 0 Å². The summed E-state index contributed by atoms with van der Waals surface area (Å²) in [5.74, 6) is -0.0464. The molecule has 0 aliphatic rings. The van der Waals surface area contributed by atoms with Gasteiger partial charge in [0.05, 0.1) is 11.4 Å². The number of nitrogens with one attached hydrogen (secondary N) is 3. The molecule has 3 N–H and O–H groups in total. The van der Waals surface area contributed by atoms with Crippen molar-refractivity contribution in [1.82, 2.24) is 20.2 Å². The standard InChI is InChI=1S/C13H24N4O3S/c1-5-11(6-2)13(18)14-7-8-15-21(19,20)12-9(3)16-17-10(12)4/h11,15H,5-8H2,1-4H3,(H,14,18)(H,16,17). The summed E-state index contributed by atoms with van der Waals surface area (Å²) in [6.45, 7) is 7.63. The highest BCUT2D eigenvalue weighted by Crippen LogP contribution is 2.15. The number of sulfonamides is 1. The topological polar surface area (TPSA) is 104 Å². The molecule has 0 saturated carbocycles. The Balaban J connectivity index is 2.51. The van der Waals surface area contributed by atoms with Gasteiger partial charge in [-0.25, -0.2) is 13.1 Å². The van der Waals surface area contributed by atoms with Crippen molar-refractivity contribution in [1.29, 1.82) is 0 Å². The molecule has 1 aromatic rings. The summed E-state index contributed by atoms with van der Waals surface area (Å²) in [5.41, 5.74) is 0.933. The summed E-state index contributed by atoms with van der Waals surface area (Å²) < 4.78 is 26.8. The maximum Gasteiger partial charge on any atom is 0.244 e. The lowest BCUT2D eigenvalue weighted by Gasteiger charge is -2.13. The van der Waals surface area contributed by atoms with Gasteiger partial charge in [-0.05, 0) is 26.7 Å². The highest BCUT2D eigenvalue weighted by Gasteiger charge is 2.21. The number of H-pyrrole nitrogens is 1. The molecule has 1 aromatic heterocycles. The average Bonchev–Trinajstić information content (AvgIpc) is 2.76. The molecule has 1 heterocycles. The molecule has 0 radical (unpaired) electrons. The molecular formula is C13H24N4O3S. The number of amides is 1. The van der Waals surface area contributed by atoms with Crippen LogP contribution in [0.5, 0.6) is 0 Å². The Morgan fingerprint density at radius 3 is 2.33 bits per heavy atom. The Morgan fingerprint density at radius 1 is 1.24 bits per heavy atom. The lowest BCUT2D eigenvalue weighted by molar-refractivity contribution is -0.125. The number of carbonyl (C=O) groups is 1. The third-order valence-electron chi connectivity index (χ3n) is 3.40. The molecular weight excluding hydrogens is 292 g/mol. The van der Waals surface area contributed by atoms with Gasteiger partial charge in [-0.3, -0.25) is 9.89 Å². The molecule has 0 aromatic carbocycles. The predicted molar refractivity (Wildman–Crippen MR) is 80.3 cm³/mol. The third-order valence-corrected chi connectivity index (χ3v) is 5.13. The number of carbonyl (C=O) groups excluding carboxylic acids is 1. The van der Waals surface area contributed by atoms with Crippen LogP contribution in [0.3, 0.4) is 0 Å². The predicted octanol–water partition coefficient (Wildman–Crippen LogP) is 0.857. The molecule has 0 spiro atoms. The van der Waals surface area contributed by atoms with Crippen LogP contribution in [0.4, 0.5) is 0 Å². The van der Waals surface area contributed by atoms with Crippen LogP contribution < -0.4 is 10.0 Å². The van der Waals surface area contributed by atoms with E-state index in [9.17, 15) is 13.2 Å². The molecule has 1 amide bonds. The second-order valence-corrected chi connectivity index (χ2v) is 6.67. The summed E-state index contributed by atoms with van der Waals surface area (Å²) in [7, 11) is -3.60. The molecule has 0 aliphatic heterocycles. The lowest BCUT2D eigenvalue weighted by atomic mass is 10.0. The first kappa shape index (κ1) is 17.6. The Morgan fingerprint density at radius 2 is 1.86 bits per heavy atom. The Kier molecular flexibility index (Phi) is 6.35. The number of aryl methyl sites for hydroxylation is 2. The van der Waals surface area contributed by atoms with Crippen molar-refractivity contribution >= 4 is 15.9 Å². The highest BCUT2D eigenvalue weighted by atomic mass is 32.2. The molecule has 120 valence electrons. The van der Waals surface area contributed by atoms with Crippen LogP contribution in [-0.4, -0.2) is 37.6 Å². The van der Waals surface area contributed by atoms with Gasteiger partial charge in [-0.2, -0.15) is 5.10 Å². The van der Waals surface area contributed by atoms with Crippen LogP contribution >= 0.6 is 0 Å². The summed E-state index contributed by atoms with van der Waals surface area (Å²) >= 11 is 0. The van der Waals surface area contributed by atoms with Crippen molar-refractivity contribution in [3.05, 3.63) is 11.4 Å². The van der Waals surface area contributed by atoms with E-state index in [0.29, 0.717) is 11.4 Å². The molecule has 8 heteroatoms. The number of aromatic nitrogens is 2. The first-order valence-corrected chi connectivity index (χ1v) is 8.60. The van der Waals surface area contributed by atoms with Gasteiger partial charge < -0.3 is 5.32 Å². The SMILES string of the molecule is CCC(CC)C(=O)NCCNS(=O)(=O)c1c(C)n[nH]c1C. The van der Waals surface area contributed by atoms with Gasteiger partial charge in [0.1, 0.15) is 4.90 Å². The number of nitrogens with zero attached hydrogens (tertiary/aromatic N) is 1. The normalized spacial score (nSPS) is 11.9. The van der Waals surface area contributed by atoms with E-state index < -0.39 is 10.0 Å². The van der Waals surface area contributed by atoms with Gasteiger partial charge in [0.15, 0.2) is 0 Å². The largest absolute Gasteiger partial charge is 0.355 e. The average molecular weight is 316 g/mol. The minimum Gasteiger partial charge on any atom is -0.355 e. The van der Waals surface area contributed by atoms with Crippen LogP contribution in [0.2, 0.25) is 0 Å². The Hall–Kier alpha value is -1.41. The molecule has 0 fully saturated rings. The zero-order valence-corrected chi connectivity index (χ0v) is 13.8. The second-order valence-electron chi connectivity index (χ2n) is 4.97. The molecule has 0 aliphatic carbocycles. The molecule has 0 bridgehead atoms. The van der Waals surface area contributed by atoms with Crippen LogP contribution in [0, 0.1) is 19.8 Å². The van der Waals surface area contributed by atoms with Gasteiger partial charge in [-0.15, -0.1) is 0 Å². The fraction of sp³-hybridized carbons (Fsp3) is 0.692. The number of aromatic amines is 1. The van der Waals surface area contributed by atoms with Gasteiger partial charge in [-0.1, -0.05) is 13.8 Å². The molecule has 0 unspecified atom stereocenters. The fourth-order valence-electron chi connectivity index (χ4n) is 2.18. The summed E-state index contributed by atoms with van der Waals surface area (Å²) in [5, 5.41) is 9.26. The van der Waals surface area contributed by atoms with E-state index in [2.05, 4.69) is 20.2 Å². The molecule has 0 atom stereocenters. The fourth-order valence-corrected chi connectivity index (χ4v) is 3.58. The van der Waals surface area contributed by atoms with Gasteiger partial charge in [0.25, 0.3) is 0 Å². The zero-order chi connectivity index (χ0) is 16.0. The summed E-state index contributed by atoms with van der Waals surface area (Å²) in [6.07, 6.45) is 1.56. The van der Waals surface area contributed by atoms with Crippen LogP contribution in [0.15, 0.2) is 4.90 Å². The van der Waals surface area contributed by atoms with E-state index in [1.807, 2.05) is 13.8 Å².